The number of thiophene rings is 1. The van der Waals surface area contributed by atoms with Gasteiger partial charge in [-0.3, -0.25) is 9.78 Å². The molecule has 2 aliphatic rings. The summed E-state index contributed by atoms with van der Waals surface area (Å²) >= 11 is 1.53. The van der Waals surface area contributed by atoms with Crippen LogP contribution in [-0.4, -0.2) is 56.1 Å². The molecule has 7 rings (SSSR count). The first kappa shape index (κ1) is 30.2. The number of ether oxygens (including phenoxy) is 2. The summed E-state index contributed by atoms with van der Waals surface area (Å²) in [5, 5.41) is 2.87. The number of benzene rings is 2. The maximum Gasteiger partial charge on any atom is 0.246 e. The molecule has 0 saturated heterocycles. The van der Waals surface area contributed by atoms with Crippen molar-refractivity contribution in [2.75, 3.05) is 26.9 Å². The molecule has 0 bridgehead atoms. The van der Waals surface area contributed by atoms with E-state index in [-0.39, 0.29) is 24.0 Å². The fourth-order valence-corrected chi connectivity index (χ4v) is 8.76. The highest BCUT2D eigenvalue weighted by atomic mass is 32.2. The van der Waals surface area contributed by atoms with Gasteiger partial charge >= 0.3 is 0 Å². The van der Waals surface area contributed by atoms with Crippen LogP contribution in [-0.2, 0) is 43.8 Å². The molecule has 5 heterocycles. The number of carbonyl (C=O) groups is 1. The van der Waals surface area contributed by atoms with Gasteiger partial charge in [0.1, 0.15) is 18.2 Å². The Morgan fingerprint density at radius 1 is 1.04 bits per heavy atom. The van der Waals surface area contributed by atoms with E-state index in [1.165, 1.54) is 29.5 Å². The molecule has 0 N–H and O–H groups in total. The summed E-state index contributed by atoms with van der Waals surface area (Å²) in [6.45, 7) is 5.15. The molecular formula is C35H30FN3O5S2. The smallest absolute Gasteiger partial charge is 0.246 e. The number of aromatic nitrogens is 2. The van der Waals surface area contributed by atoms with Crippen LogP contribution in [0.4, 0.5) is 4.39 Å². The van der Waals surface area contributed by atoms with Crippen molar-refractivity contribution < 1.29 is 27.1 Å². The lowest BCUT2D eigenvalue weighted by Crippen LogP contribution is -2.35. The van der Waals surface area contributed by atoms with Crippen LogP contribution in [0.5, 0.6) is 5.75 Å². The van der Waals surface area contributed by atoms with Gasteiger partial charge in [-0.15, -0.1) is 11.3 Å². The predicted octanol–water partition coefficient (Wildman–Crippen LogP) is 6.36. The zero-order valence-corrected chi connectivity index (χ0v) is 26.7. The quantitative estimate of drug-likeness (QED) is 0.142. The van der Waals surface area contributed by atoms with Crippen LogP contribution in [0.25, 0.3) is 43.7 Å². The lowest BCUT2D eigenvalue weighted by molar-refractivity contribution is -0.126. The molecule has 0 saturated carbocycles. The molecule has 3 aromatic heterocycles. The summed E-state index contributed by atoms with van der Waals surface area (Å²) < 4.78 is 51.5. The molecule has 0 fully saturated rings. The minimum atomic E-state index is -3.18. The van der Waals surface area contributed by atoms with Crippen molar-refractivity contribution in [3.63, 3.8) is 0 Å². The van der Waals surface area contributed by atoms with Gasteiger partial charge in [-0.25, -0.2) is 17.8 Å². The normalized spacial score (nSPS) is 15.0. The van der Waals surface area contributed by atoms with Crippen LogP contribution < -0.4 is 4.74 Å². The Kier molecular flexibility index (Phi) is 7.92. The summed E-state index contributed by atoms with van der Waals surface area (Å²) in [6.07, 6.45) is 3.74. The Labute approximate surface area is 270 Å². The number of sulfone groups is 1. The molecule has 2 aromatic carbocycles. The molecule has 2 aliphatic heterocycles. The predicted molar refractivity (Wildman–Crippen MR) is 177 cm³/mol. The minimum Gasteiger partial charge on any atom is -0.490 e. The molecule has 11 heteroatoms. The fraction of sp³-hybridized carbons (Fsp3) is 0.229. The highest BCUT2D eigenvalue weighted by Crippen LogP contribution is 2.46. The Balaban J connectivity index is 1.46. The maximum absolute atomic E-state index is 14.6. The van der Waals surface area contributed by atoms with E-state index in [0.717, 1.165) is 49.2 Å². The van der Waals surface area contributed by atoms with Gasteiger partial charge in [-0.2, -0.15) is 0 Å². The lowest BCUT2D eigenvalue weighted by atomic mass is 9.93. The number of pyridine rings is 2. The number of nitrogens with zero attached hydrogens (tertiary/aromatic N) is 3. The molecular weight excluding hydrogens is 626 g/mol. The zero-order valence-electron chi connectivity index (χ0n) is 25.1. The van der Waals surface area contributed by atoms with E-state index < -0.39 is 15.7 Å². The van der Waals surface area contributed by atoms with Gasteiger partial charge in [-0.05, 0) is 58.5 Å². The van der Waals surface area contributed by atoms with Crippen molar-refractivity contribution >= 4 is 37.2 Å². The molecule has 46 heavy (non-hydrogen) atoms. The van der Waals surface area contributed by atoms with Crippen LogP contribution in [0.3, 0.4) is 0 Å². The Morgan fingerprint density at radius 3 is 2.70 bits per heavy atom. The first-order valence-corrected chi connectivity index (χ1v) is 17.5. The van der Waals surface area contributed by atoms with Gasteiger partial charge in [0.15, 0.2) is 9.84 Å². The summed E-state index contributed by atoms with van der Waals surface area (Å²) in [5.41, 5.74) is 7.70. The minimum absolute atomic E-state index is 0.000315. The van der Waals surface area contributed by atoms with Gasteiger partial charge in [0.2, 0.25) is 5.91 Å². The third kappa shape index (κ3) is 5.59. The highest BCUT2D eigenvalue weighted by Gasteiger charge is 2.28. The van der Waals surface area contributed by atoms with Crippen LogP contribution in [0.2, 0.25) is 0 Å². The number of halogens is 1. The second kappa shape index (κ2) is 12.1. The monoisotopic (exact) mass is 655 g/mol. The SMILES string of the molecule is C=CC(=O)N1CCc2ncc(-c3nc(-c4ccc5c(c4)CS(=O)(=O)C5)c4ccsc4c3-c3ccc(F)cc3OCCOC)cc2C1. The van der Waals surface area contributed by atoms with Gasteiger partial charge in [0.05, 0.1) is 29.5 Å². The number of rotatable bonds is 8. The lowest BCUT2D eigenvalue weighted by Gasteiger charge is -2.27. The summed E-state index contributed by atoms with van der Waals surface area (Å²) in [7, 11) is -1.61. The maximum atomic E-state index is 14.6. The van der Waals surface area contributed by atoms with E-state index in [2.05, 4.69) is 6.58 Å². The van der Waals surface area contributed by atoms with Crippen molar-refractivity contribution in [1.29, 1.82) is 0 Å². The van der Waals surface area contributed by atoms with E-state index >= 15 is 0 Å². The van der Waals surface area contributed by atoms with Crippen LogP contribution in [0, 0.1) is 5.82 Å². The number of fused-ring (bicyclic) bond motifs is 3. The Bertz CT molecular complexity index is 2140. The molecule has 1 amide bonds. The average Bonchev–Trinajstić information content (AvgIpc) is 3.66. The first-order valence-electron chi connectivity index (χ1n) is 14.8. The van der Waals surface area contributed by atoms with Crippen LogP contribution in [0.15, 0.2) is 72.8 Å². The standard InChI is InChI=1S/C35H30FN3O5S2/c1-3-31(40)39-10-8-29-24(18-39)15-23(17-37-29)34-32(27-7-6-26(36)16-30(27)44-12-11-43-2)35-28(9-13-45-35)33(38-34)21-4-5-22-19-46(41,42)20-25(22)14-21/h3-7,9,13-17H,1,8,10-12,18-20H2,2H3. The third-order valence-corrected chi connectivity index (χ3v) is 10.8. The summed E-state index contributed by atoms with van der Waals surface area (Å²) in [5.74, 6) is -0.170. The molecule has 0 unspecified atom stereocenters. The molecule has 8 nitrogen and oxygen atoms in total. The average molecular weight is 656 g/mol. The van der Waals surface area contributed by atoms with E-state index in [1.807, 2.05) is 35.7 Å². The van der Waals surface area contributed by atoms with Crippen LogP contribution in [0.1, 0.15) is 22.4 Å². The van der Waals surface area contributed by atoms with Crippen molar-refractivity contribution in [1.82, 2.24) is 14.9 Å². The number of carbonyl (C=O) groups excluding carboxylic acids is 1. The number of methoxy groups -OCH3 is 1. The number of amides is 1. The second-order valence-electron chi connectivity index (χ2n) is 11.4. The van der Waals surface area contributed by atoms with Crippen molar-refractivity contribution in [2.24, 2.45) is 0 Å². The molecule has 234 valence electrons. The van der Waals surface area contributed by atoms with E-state index in [4.69, 9.17) is 19.4 Å². The molecule has 5 aromatic rings. The highest BCUT2D eigenvalue weighted by molar-refractivity contribution is 7.90. The third-order valence-electron chi connectivity index (χ3n) is 8.40. The molecule has 0 radical (unpaired) electrons. The van der Waals surface area contributed by atoms with E-state index in [1.54, 1.807) is 24.3 Å². The molecule has 0 spiro atoms. The fourth-order valence-electron chi connectivity index (χ4n) is 6.21. The summed E-state index contributed by atoms with van der Waals surface area (Å²) in [6, 6.07) is 14.2. The molecule has 0 aliphatic carbocycles. The van der Waals surface area contributed by atoms with E-state index in [0.29, 0.717) is 48.8 Å². The number of hydrogen-bond donors (Lipinski definition) is 0. The largest absolute Gasteiger partial charge is 0.490 e. The zero-order chi connectivity index (χ0) is 32.0. The van der Waals surface area contributed by atoms with Gasteiger partial charge < -0.3 is 14.4 Å². The van der Waals surface area contributed by atoms with Crippen molar-refractivity contribution in [2.45, 2.75) is 24.5 Å². The topological polar surface area (TPSA) is 98.7 Å². The van der Waals surface area contributed by atoms with E-state index in [9.17, 15) is 17.6 Å². The molecule has 0 atom stereocenters. The second-order valence-corrected chi connectivity index (χ2v) is 14.4. The van der Waals surface area contributed by atoms with Crippen molar-refractivity contribution in [3.05, 3.63) is 101 Å². The van der Waals surface area contributed by atoms with Gasteiger partial charge in [-0.1, -0.05) is 18.7 Å². The van der Waals surface area contributed by atoms with Crippen molar-refractivity contribution in [3.8, 4) is 39.4 Å². The van der Waals surface area contributed by atoms with Crippen LogP contribution >= 0.6 is 11.3 Å². The number of hydrogen-bond acceptors (Lipinski definition) is 8. The van der Waals surface area contributed by atoms with Gasteiger partial charge in [0, 0.05) is 76.9 Å². The Hall–Kier alpha value is -4.45. The Morgan fingerprint density at radius 2 is 1.87 bits per heavy atom. The summed E-state index contributed by atoms with van der Waals surface area (Å²) in [4.78, 5) is 24.3. The van der Waals surface area contributed by atoms with Gasteiger partial charge in [0.25, 0.3) is 0 Å². The first-order chi connectivity index (χ1) is 22.2.